The predicted octanol–water partition coefficient (Wildman–Crippen LogP) is 16.3. The lowest BCUT2D eigenvalue weighted by Gasteiger charge is -2.24. The van der Waals surface area contributed by atoms with Gasteiger partial charge in [-0.2, -0.15) is 0 Å². The SMILES string of the molecule is Cc1cc(-c2ccc(-c3nc4ccccc4n3-c3ccccc3)cc2)cc2c1-c1cc3c(cc1C2(C)C)-c1c(C)cc(-c2ccc(-c4nc5ccccc5n4-c4ccccc4)cc2)cc1C3(C)C. The largest absolute Gasteiger partial charge is 0.292 e. The molecule has 0 N–H and O–H groups in total. The van der Waals surface area contributed by atoms with E-state index < -0.39 is 0 Å². The van der Waals surface area contributed by atoms with Crippen LogP contribution in [-0.2, 0) is 10.8 Å². The van der Waals surface area contributed by atoms with Crippen LogP contribution < -0.4 is 0 Å². The van der Waals surface area contributed by atoms with Crippen molar-refractivity contribution < 1.29 is 0 Å². The van der Waals surface area contributed by atoms with E-state index in [0.717, 1.165) is 56.2 Å². The van der Waals surface area contributed by atoms with Gasteiger partial charge in [0.15, 0.2) is 0 Å². The average Bonchev–Trinajstić information content (AvgIpc) is 4.07. The maximum Gasteiger partial charge on any atom is 0.145 e. The summed E-state index contributed by atoms with van der Waals surface area (Å²) < 4.78 is 4.54. The predicted molar refractivity (Wildman–Crippen MR) is 282 cm³/mol. The van der Waals surface area contributed by atoms with Crippen molar-refractivity contribution in [3.8, 4) is 78.7 Å². The molecule has 68 heavy (non-hydrogen) atoms. The van der Waals surface area contributed by atoms with Gasteiger partial charge in [-0.1, -0.05) is 149 Å². The Hall–Kier alpha value is -8.08. The summed E-state index contributed by atoms with van der Waals surface area (Å²) in [5.74, 6) is 1.89. The molecule has 4 nitrogen and oxygen atoms in total. The highest BCUT2D eigenvalue weighted by atomic mass is 15.1. The van der Waals surface area contributed by atoms with Crippen LogP contribution in [0, 0.1) is 13.8 Å². The quantitative estimate of drug-likeness (QED) is 0.167. The van der Waals surface area contributed by atoms with E-state index in [9.17, 15) is 0 Å². The van der Waals surface area contributed by atoms with Crippen molar-refractivity contribution in [2.45, 2.75) is 52.4 Å². The monoisotopic (exact) mass is 874 g/mol. The molecule has 0 unspecified atom stereocenters. The van der Waals surface area contributed by atoms with Gasteiger partial charge in [-0.25, -0.2) is 9.97 Å². The molecule has 13 rings (SSSR count). The molecule has 9 aromatic carbocycles. The summed E-state index contributed by atoms with van der Waals surface area (Å²) in [6.45, 7) is 14.3. The van der Waals surface area contributed by atoms with Gasteiger partial charge in [0.25, 0.3) is 0 Å². The number of benzene rings is 9. The van der Waals surface area contributed by atoms with Crippen LogP contribution in [0.15, 0.2) is 194 Å². The molecule has 0 bridgehead atoms. The summed E-state index contributed by atoms with van der Waals surface area (Å²) in [6.07, 6.45) is 0. The smallest absolute Gasteiger partial charge is 0.145 e. The number of fused-ring (bicyclic) bond motifs is 8. The minimum absolute atomic E-state index is 0.176. The third-order valence-electron chi connectivity index (χ3n) is 15.2. The first-order valence-corrected chi connectivity index (χ1v) is 23.8. The molecule has 0 aliphatic heterocycles. The molecule has 0 atom stereocenters. The zero-order valence-corrected chi connectivity index (χ0v) is 39.3. The zero-order chi connectivity index (χ0) is 46.1. The molecule has 11 aromatic rings. The van der Waals surface area contributed by atoms with Gasteiger partial charge in [-0.05, 0) is 165 Å². The molecule has 2 heterocycles. The van der Waals surface area contributed by atoms with Gasteiger partial charge in [-0.3, -0.25) is 9.13 Å². The van der Waals surface area contributed by atoms with Crippen molar-refractivity contribution in [1.29, 1.82) is 0 Å². The van der Waals surface area contributed by atoms with Crippen LogP contribution in [0.4, 0.5) is 0 Å². The number of para-hydroxylation sites is 6. The Labute approximate surface area is 397 Å². The van der Waals surface area contributed by atoms with Crippen molar-refractivity contribution in [3.05, 3.63) is 228 Å². The summed E-state index contributed by atoms with van der Waals surface area (Å²) in [4.78, 5) is 10.3. The first-order chi connectivity index (χ1) is 33.0. The fourth-order valence-corrected chi connectivity index (χ4v) is 11.7. The topological polar surface area (TPSA) is 35.6 Å². The molecule has 2 aromatic heterocycles. The van der Waals surface area contributed by atoms with E-state index in [1.54, 1.807) is 0 Å². The lowest BCUT2D eigenvalue weighted by molar-refractivity contribution is 0.652. The summed E-state index contributed by atoms with van der Waals surface area (Å²) in [6, 6.07) is 70.7. The number of aromatic nitrogens is 4. The summed E-state index contributed by atoms with van der Waals surface area (Å²) in [7, 11) is 0. The first kappa shape index (κ1) is 40.2. The summed E-state index contributed by atoms with van der Waals surface area (Å²) in [5, 5.41) is 0. The number of aryl methyl sites for hydroxylation is 2. The first-order valence-electron chi connectivity index (χ1n) is 23.8. The molecule has 0 fully saturated rings. The van der Waals surface area contributed by atoms with Crippen LogP contribution in [0.25, 0.3) is 101 Å². The second-order valence-corrected chi connectivity index (χ2v) is 20.0. The fraction of sp³-hybridized carbons (Fsp3) is 0.125. The Balaban J connectivity index is 0.836. The van der Waals surface area contributed by atoms with Gasteiger partial charge in [-0.15, -0.1) is 0 Å². The van der Waals surface area contributed by atoms with Gasteiger partial charge >= 0.3 is 0 Å². The number of nitrogens with zero attached hydrogens (tertiary/aromatic N) is 4. The molecule has 0 saturated heterocycles. The van der Waals surface area contributed by atoms with E-state index in [-0.39, 0.29) is 10.8 Å². The lowest BCUT2D eigenvalue weighted by Crippen LogP contribution is -2.17. The van der Waals surface area contributed by atoms with Crippen LogP contribution in [0.1, 0.15) is 61.1 Å². The standard InChI is InChI=1S/C64H50N4/c1-39-33-45(41-25-29-43(30-26-41)61-65-55-21-13-15-23-57(55)67(61)47-17-9-7-10-18-47)35-53-59(39)49-37-52-50(38-51(49)63(53,3)4)60-40(2)34-46(36-54(60)64(52,5)6)42-27-31-44(32-28-42)62-66-56-22-14-16-24-58(56)68(62)48-19-11-8-12-20-48/h7-38H,1-6H3. The molecule has 2 aliphatic carbocycles. The fourth-order valence-electron chi connectivity index (χ4n) is 11.7. The van der Waals surface area contributed by atoms with E-state index in [2.05, 4.69) is 245 Å². The van der Waals surface area contributed by atoms with Crippen molar-refractivity contribution in [2.75, 3.05) is 0 Å². The second kappa shape index (κ2) is 14.7. The van der Waals surface area contributed by atoms with E-state index in [1.165, 1.54) is 77.9 Å². The molecule has 2 aliphatic rings. The van der Waals surface area contributed by atoms with E-state index in [0.29, 0.717) is 0 Å². The van der Waals surface area contributed by atoms with Crippen LogP contribution in [0.3, 0.4) is 0 Å². The number of hydrogen-bond donors (Lipinski definition) is 0. The number of rotatable bonds is 6. The molecule has 0 saturated carbocycles. The minimum atomic E-state index is -0.176. The number of imidazole rings is 2. The Kier molecular flexibility index (Phi) is 8.70. The van der Waals surface area contributed by atoms with Gasteiger partial charge in [0.2, 0.25) is 0 Å². The summed E-state index contributed by atoms with van der Waals surface area (Å²) >= 11 is 0. The van der Waals surface area contributed by atoms with Crippen molar-refractivity contribution in [2.24, 2.45) is 0 Å². The van der Waals surface area contributed by atoms with Crippen LogP contribution in [0.2, 0.25) is 0 Å². The lowest BCUT2D eigenvalue weighted by atomic mass is 9.79. The van der Waals surface area contributed by atoms with Gasteiger partial charge in [0.1, 0.15) is 11.6 Å². The van der Waals surface area contributed by atoms with Crippen molar-refractivity contribution in [3.63, 3.8) is 0 Å². The third kappa shape index (κ3) is 5.93. The maximum absolute atomic E-state index is 5.13. The van der Waals surface area contributed by atoms with E-state index >= 15 is 0 Å². The Morgan fingerprint density at radius 3 is 1.09 bits per heavy atom. The van der Waals surface area contributed by atoms with Crippen molar-refractivity contribution in [1.82, 2.24) is 19.1 Å². The highest BCUT2D eigenvalue weighted by molar-refractivity contribution is 5.94. The molecule has 4 heteroatoms. The van der Waals surface area contributed by atoms with Gasteiger partial charge in [0.05, 0.1) is 22.1 Å². The number of hydrogen-bond acceptors (Lipinski definition) is 2. The van der Waals surface area contributed by atoms with Gasteiger partial charge < -0.3 is 0 Å². The van der Waals surface area contributed by atoms with Crippen molar-refractivity contribution >= 4 is 22.1 Å². The molecule has 0 spiro atoms. The maximum atomic E-state index is 5.13. The normalized spacial score (nSPS) is 14.0. The average molecular weight is 875 g/mol. The van der Waals surface area contributed by atoms with E-state index in [1.807, 2.05) is 0 Å². The van der Waals surface area contributed by atoms with E-state index in [4.69, 9.17) is 9.97 Å². The Morgan fingerprint density at radius 2 is 0.691 bits per heavy atom. The highest BCUT2D eigenvalue weighted by Crippen LogP contribution is 2.58. The second-order valence-electron chi connectivity index (χ2n) is 20.0. The summed E-state index contributed by atoms with van der Waals surface area (Å²) in [5.41, 5.74) is 26.9. The highest BCUT2D eigenvalue weighted by Gasteiger charge is 2.43. The van der Waals surface area contributed by atoms with Crippen LogP contribution in [0.5, 0.6) is 0 Å². The molecular formula is C64H50N4. The van der Waals surface area contributed by atoms with Crippen LogP contribution in [-0.4, -0.2) is 19.1 Å². The Bertz CT molecular complexity index is 3570. The van der Waals surface area contributed by atoms with Crippen LogP contribution >= 0.6 is 0 Å². The molecule has 0 amide bonds. The zero-order valence-electron chi connectivity index (χ0n) is 39.3. The minimum Gasteiger partial charge on any atom is -0.292 e. The Morgan fingerprint density at radius 1 is 0.338 bits per heavy atom. The third-order valence-corrected chi connectivity index (χ3v) is 15.2. The molecular weight excluding hydrogens is 825 g/mol. The molecule has 0 radical (unpaired) electrons. The molecule has 326 valence electrons. The van der Waals surface area contributed by atoms with Gasteiger partial charge in [0, 0.05) is 33.3 Å².